The summed E-state index contributed by atoms with van der Waals surface area (Å²) in [6.07, 6.45) is 1.20. The molecule has 2 aromatic carbocycles. The molecule has 0 spiro atoms. The van der Waals surface area contributed by atoms with Crippen molar-refractivity contribution in [3.63, 3.8) is 0 Å². The van der Waals surface area contributed by atoms with Crippen molar-refractivity contribution >= 4 is 33.2 Å². The van der Waals surface area contributed by atoms with E-state index in [0.717, 1.165) is 11.1 Å². The molecule has 0 aromatic heterocycles. The second-order valence-electron chi connectivity index (χ2n) is 5.17. The van der Waals surface area contributed by atoms with Gasteiger partial charge in [-0.05, 0) is 23.3 Å². The summed E-state index contributed by atoms with van der Waals surface area (Å²) in [5, 5.41) is 5.84. The fourth-order valence-electron chi connectivity index (χ4n) is 1.97. The van der Waals surface area contributed by atoms with Crippen LogP contribution < -0.4 is 10.6 Å². The van der Waals surface area contributed by atoms with Gasteiger partial charge in [0.1, 0.15) is 0 Å². The van der Waals surface area contributed by atoms with E-state index in [1.807, 2.05) is 0 Å². The molecule has 2 aromatic rings. The molecule has 23 heavy (non-hydrogen) atoms. The van der Waals surface area contributed by atoms with Gasteiger partial charge in [0.15, 0.2) is 9.84 Å². The van der Waals surface area contributed by atoms with Crippen LogP contribution in [0.4, 0.5) is 10.5 Å². The first kappa shape index (κ1) is 17.3. The molecule has 0 bridgehead atoms. The molecular formula is C16H17ClN2O3S. The van der Waals surface area contributed by atoms with Crippen LogP contribution in [0.1, 0.15) is 11.1 Å². The van der Waals surface area contributed by atoms with E-state index in [9.17, 15) is 13.2 Å². The van der Waals surface area contributed by atoms with Crippen molar-refractivity contribution in [2.24, 2.45) is 0 Å². The predicted octanol–water partition coefficient (Wildman–Crippen LogP) is 3.21. The van der Waals surface area contributed by atoms with Gasteiger partial charge in [0.25, 0.3) is 0 Å². The van der Waals surface area contributed by atoms with Crippen molar-refractivity contribution in [3.8, 4) is 0 Å². The van der Waals surface area contributed by atoms with Crippen molar-refractivity contribution in [2.45, 2.75) is 12.3 Å². The van der Waals surface area contributed by atoms with Crippen molar-refractivity contribution in [2.75, 3.05) is 11.6 Å². The normalized spacial score (nSPS) is 11.0. The van der Waals surface area contributed by atoms with E-state index in [1.54, 1.807) is 48.5 Å². The van der Waals surface area contributed by atoms with Crippen LogP contribution in [0.25, 0.3) is 0 Å². The number of amides is 2. The second-order valence-corrected chi connectivity index (χ2v) is 7.72. The molecule has 2 N–H and O–H groups in total. The third kappa shape index (κ3) is 5.92. The Morgan fingerprint density at radius 1 is 1.04 bits per heavy atom. The van der Waals surface area contributed by atoms with Crippen LogP contribution in [0, 0.1) is 0 Å². The van der Waals surface area contributed by atoms with E-state index in [0.29, 0.717) is 17.3 Å². The number of nitrogens with one attached hydrogen (secondary N) is 2. The number of sulfone groups is 1. The molecule has 0 radical (unpaired) electrons. The smallest absolute Gasteiger partial charge is 0.319 e. The third-order valence-corrected chi connectivity index (χ3v) is 4.21. The highest BCUT2D eigenvalue weighted by Crippen LogP contribution is 2.20. The van der Waals surface area contributed by atoms with E-state index in [4.69, 9.17) is 11.6 Å². The summed E-state index contributed by atoms with van der Waals surface area (Å²) in [7, 11) is -3.05. The summed E-state index contributed by atoms with van der Waals surface area (Å²) in [5.74, 6) is 0.00764. The van der Waals surface area contributed by atoms with E-state index < -0.39 is 9.84 Å². The van der Waals surface area contributed by atoms with Gasteiger partial charge in [0.05, 0.1) is 16.5 Å². The van der Waals surface area contributed by atoms with Crippen LogP contribution in [0.5, 0.6) is 0 Å². The molecule has 0 saturated heterocycles. The highest BCUT2D eigenvalue weighted by molar-refractivity contribution is 7.89. The average molecular weight is 353 g/mol. The minimum absolute atomic E-state index is 0.00764. The highest BCUT2D eigenvalue weighted by atomic mass is 35.5. The summed E-state index contributed by atoms with van der Waals surface area (Å²) in [5.41, 5.74) is 2.13. The van der Waals surface area contributed by atoms with Crippen LogP contribution in [0.2, 0.25) is 5.02 Å². The molecule has 0 heterocycles. The lowest BCUT2D eigenvalue weighted by Gasteiger charge is -2.09. The summed E-state index contributed by atoms with van der Waals surface area (Å²) in [4.78, 5) is 11.8. The Morgan fingerprint density at radius 2 is 1.65 bits per heavy atom. The molecule has 0 saturated carbocycles. The molecule has 122 valence electrons. The molecule has 0 atom stereocenters. The number of benzene rings is 2. The number of hydrogen-bond donors (Lipinski definition) is 2. The molecule has 0 aliphatic rings. The molecule has 0 aliphatic carbocycles. The third-order valence-electron chi connectivity index (χ3n) is 3.03. The largest absolute Gasteiger partial charge is 0.334 e. The van der Waals surface area contributed by atoms with Gasteiger partial charge in [-0.25, -0.2) is 13.2 Å². The first-order valence-corrected chi connectivity index (χ1v) is 9.32. The van der Waals surface area contributed by atoms with Crippen molar-refractivity contribution in [1.82, 2.24) is 5.32 Å². The van der Waals surface area contributed by atoms with Gasteiger partial charge in [-0.15, -0.1) is 0 Å². The van der Waals surface area contributed by atoms with Crippen LogP contribution in [0.15, 0.2) is 48.5 Å². The van der Waals surface area contributed by atoms with Gasteiger partial charge < -0.3 is 10.6 Å². The summed E-state index contributed by atoms with van der Waals surface area (Å²) in [6, 6.07) is 13.7. The lowest BCUT2D eigenvalue weighted by atomic mass is 10.1. The lowest BCUT2D eigenvalue weighted by Crippen LogP contribution is -2.28. The zero-order valence-electron chi connectivity index (χ0n) is 12.5. The van der Waals surface area contributed by atoms with Gasteiger partial charge in [-0.2, -0.15) is 0 Å². The Kier molecular flexibility index (Phi) is 5.63. The number of halogens is 1. The standard InChI is InChI=1S/C16H17ClN2O3S/c1-23(21,22)11-13-8-6-12(7-9-13)10-18-16(20)19-15-5-3-2-4-14(15)17/h2-9H,10-11H2,1H3,(H2,18,19,20). The fourth-order valence-corrected chi connectivity index (χ4v) is 2.95. The predicted molar refractivity (Wildman–Crippen MR) is 92.3 cm³/mol. The minimum atomic E-state index is -3.05. The molecule has 5 nitrogen and oxygen atoms in total. The monoisotopic (exact) mass is 352 g/mol. The van der Waals surface area contributed by atoms with Crippen LogP contribution in [-0.2, 0) is 22.1 Å². The average Bonchev–Trinajstić information content (AvgIpc) is 2.47. The van der Waals surface area contributed by atoms with Gasteiger partial charge in [0.2, 0.25) is 0 Å². The Bertz CT molecular complexity index is 789. The number of para-hydroxylation sites is 1. The number of rotatable bonds is 5. The van der Waals surface area contributed by atoms with Crippen molar-refractivity contribution in [1.29, 1.82) is 0 Å². The summed E-state index contributed by atoms with van der Waals surface area (Å²) >= 11 is 5.96. The molecule has 7 heteroatoms. The molecule has 0 aliphatic heterocycles. The summed E-state index contributed by atoms with van der Waals surface area (Å²) in [6.45, 7) is 0.329. The van der Waals surface area contributed by atoms with Gasteiger partial charge in [0, 0.05) is 12.8 Å². The topological polar surface area (TPSA) is 75.3 Å². The Balaban J connectivity index is 1.88. The van der Waals surface area contributed by atoms with Crippen LogP contribution in [-0.4, -0.2) is 20.7 Å². The summed E-state index contributed by atoms with van der Waals surface area (Å²) < 4.78 is 22.5. The van der Waals surface area contributed by atoms with Gasteiger partial charge in [-0.3, -0.25) is 0 Å². The van der Waals surface area contributed by atoms with E-state index in [2.05, 4.69) is 10.6 Å². The SMILES string of the molecule is CS(=O)(=O)Cc1ccc(CNC(=O)Nc2ccccc2Cl)cc1. The Labute approximate surface area is 140 Å². The minimum Gasteiger partial charge on any atom is -0.334 e. The fraction of sp³-hybridized carbons (Fsp3) is 0.188. The van der Waals surface area contributed by atoms with E-state index in [1.165, 1.54) is 6.26 Å². The quantitative estimate of drug-likeness (QED) is 0.867. The van der Waals surface area contributed by atoms with Crippen molar-refractivity contribution < 1.29 is 13.2 Å². The molecule has 0 unspecified atom stereocenters. The maximum Gasteiger partial charge on any atom is 0.319 e. The maximum absolute atomic E-state index is 11.8. The number of hydrogen-bond acceptors (Lipinski definition) is 3. The maximum atomic E-state index is 11.8. The van der Waals surface area contributed by atoms with Crippen molar-refractivity contribution in [3.05, 3.63) is 64.7 Å². The van der Waals surface area contributed by atoms with Gasteiger partial charge >= 0.3 is 6.03 Å². The highest BCUT2D eigenvalue weighted by Gasteiger charge is 2.06. The van der Waals surface area contributed by atoms with Crippen LogP contribution in [0.3, 0.4) is 0 Å². The number of carbonyl (C=O) groups is 1. The lowest BCUT2D eigenvalue weighted by molar-refractivity contribution is 0.251. The van der Waals surface area contributed by atoms with Crippen LogP contribution >= 0.6 is 11.6 Å². The zero-order valence-corrected chi connectivity index (χ0v) is 14.1. The number of urea groups is 1. The first-order valence-electron chi connectivity index (χ1n) is 6.88. The number of anilines is 1. The Morgan fingerprint density at radius 3 is 2.26 bits per heavy atom. The second kappa shape index (κ2) is 7.48. The molecule has 2 amide bonds. The molecule has 2 rings (SSSR count). The zero-order chi connectivity index (χ0) is 16.9. The van der Waals surface area contributed by atoms with E-state index >= 15 is 0 Å². The number of carbonyl (C=O) groups excluding carboxylic acids is 1. The van der Waals surface area contributed by atoms with Gasteiger partial charge in [-0.1, -0.05) is 48.0 Å². The van der Waals surface area contributed by atoms with E-state index in [-0.39, 0.29) is 11.8 Å². The Hall–Kier alpha value is -2.05. The molecular weight excluding hydrogens is 336 g/mol. The first-order chi connectivity index (χ1) is 10.8. The molecule has 0 fully saturated rings.